The molecule has 0 bridgehead atoms. The summed E-state index contributed by atoms with van der Waals surface area (Å²) in [5, 5.41) is 5.75. The molecule has 0 radical (unpaired) electrons. The van der Waals surface area contributed by atoms with Crippen LogP contribution in [0.25, 0.3) is 0 Å². The van der Waals surface area contributed by atoms with Gasteiger partial charge in [-0.15, -0.1) is 0 Å². The number of hydrogen-bond donors (Lipinski definition) is 2. The zero-order valence-electron chi connectivity index (χ0n) is 19.3. The van der Waals surface area contributed by atoms with Crippen molar-refractivity contribution in [2.24, 2.45) is 0 Å². The zero-order chi connectivity index (χ0) is 23.6. The van der Waals surface area contributed by atoms with Gasteiger partial charge in [0.05, 0.1) is 26.9 Å². The van der Waals surface area contributed by atoms with E-state index < -0.39 is 0 Å². The Morgan fingerprint density at radius 3 is 2.39 bits per heavy atom. The number of benzene rings is 2. The molecule has 0 saturated carbocycles. The number of nitrogens with one attached hydrogen (secondary N) is 2. The van der Waals surface area contributed by atoms with Crippen LogP contribution in [0, 0.1) is 0 Å². The number of aromatic nitrogens is 1. The molecule has 2 N–H and O–H groups in total. The summed E-state index contributed by atoms with van der Waals surface area (Å²) in [5.41, 5.74) is 1.74. The van der Waals surface area contributed by atoms with Gasteiger partial charge >= 0.3 is 6.03 Å². The Morgan fingerprint density at radius 2 is 1.73 bits per heavy atom. The first-order chi connectivity index (χ1) is 16.0. The van der Waals surface area contributed by atoms with Crippen molar-refractivity contribution >= 4 is 6.03 Å². The van der Waals surface area contributed by atoms with E-state index in [1.807, 2.05) is 62.4 Å². The van der Waals surface area contributed by atoms with Gasteiger partial charge < -0.3 is 29.6 Å². The first-order valence-corrected chi connectivity index (χ1v) is 10.6. The highest BCUT2D eigenvalue weighted by atomic mass is 16.5. The van der Waals surface area contributed by atoms with Crippen molar-refractivity contribution in [1.82, 2.24) is 15.6 Å². The molecule has 0 aliphatic heterocycles. The summed E-state index contributed by atoms with van der Waals surface area (Å²) >= 11 is 0. The number of carbonyl (C=O) groups is 1. The minimum Gasteiger partial charge on any atom is -0.493 e. The lowest BCUT2D eigenvalue weighted by molar-refractivity contribution is 0.237. The lowest BCUT2D eigenvalue weighted by atomic mass is 10.1. The van der Waals surface area contributed by atoms with Gasteiger partial charge in [0.15, 0.2) is 23.0 Å². The van der Waals surface area contributed by atoms with Crippen molar-refractivity contribution in [3.8, 4) is 28.9 Å². The first kappa shape index (κ1) is 23.7. The van der Waals surface area contributed by atoms with Crippen LogP contribution < -0.4 is 29.6 Å². The van der Waals surface area contributed by atoms with E-state index in [0.29, 0.717) is 42.0 Å². The van der Waals surface area contributed by atoms with Crippen molar-refractivity contribution in [3.63, 3.8) is 0 Å². The number of methoxy groups -OCH3 is 2. The van der Waals surface area contributed by atoms with Gasteiger partial charge in [-0.25, -0.2) is 9.78 Å². The lowest BCUT2D eigenvalue weighted by Crippen LogP contribution is -2.36. The molecule has 1 unspecified atom stereocenters. The number of para-hydroxylation sites is 2. The maximum absolute atomic E-state index is 12.3. The second-order valence-electron chi connectivity index (χ2n) is 7.15. The predicted octanol–water partition coefficient (Wildman–Crippen LogP) is 4.85. The van der Waals surface area contributed by atoms with Crippen LogP contribution in [-0.2, 0) is 6.54 Å². The third-order valence-electron chi connectivity index (χ3n) is 4.87. The number of ether oxygens (including phenoxy) is 4. The quantitative estimate of drug-likeness (QED) is 0.458. The van der Waals surface area contributed by atoms with Crippen molar-refractivity contribution in [2.75, 3.05) is 20.8 Å². The highest BCUT2D eigenvalue weighted by molar-refractivity contribution is 5.74. The summed E-state index contributed by atoms with van der Waals surface area (Å²) in [6, 6.07) is 16.1. The van der Waals surface area contributed by atoms with Crippen molar-refractivity contribution < 1.29 is 23.7 Å². The molecule has 3 rings (SSSR count). The van der Waals surface area contributed by atoms with Gasteiger partial charge in [0, 0.05) is 18.8 Å². The fourth-order valence-electron chi connectivity index (χ4n) is 3.13. The first-order valence-electron chi connectivity index (χ1n) is 10.6. The monoisotopic (exact) mass is 451 g/mol. The molecule has 2 amide bonds. The van der Waals surface area contributed by atoms with Crippen molar-refractivity contribution in [1.29, 1.82) is 0 Å². The molecule has 3 aromatic rings. The normalized spacial score (nSPS) is 11.3. The lowest BCUT2D eigenvalue weighted by Gasteiger charge is -2.17. The molecule has 8 heteroatoms. The Kier molecular flexibility index (Phi) is 8.35. The molecule has 0 saturated heterocycles. The minimum atomic E-state index is -0.289. The third kappa shape index (κ3) is 6.52. The fourth-order valence-corrected chi connectivity index (χ4v) is 3.13. The van der Waals surface area contributed by atoms with E-state index in [0.717, 1.165) is 11.1 Å². The van der Waals surface area contributed by atoms with Crippen molar-refractivity contribution in [2.45, 2.75) is 26.4 Å². The van der Waals surface area contributed by atoms with Gasteiger partial charge in [-0.05, 0) is 49.2 Å². The summed E-state index contributed by atoms with van der Waals surface area (Å²) in [5.74, 6) is 2.95. The number of rotatable bonds is 10. The topological polar surface area (TPSA) is 90.9 Å². The average molecular weight is 452 g/mol. The van der Waals surface area contributed by atoms with Crippen LogP contribution in [0.15, 0.2) is 60.8 Å². The molecule has 8 nitrogen and oxygen atoms in total. The zero-order valence-corrected chi connectivity index (χ0v) is 19.3. The minimum absolute atomic E-state index is 0.218. The molecule has 0 spiro atoms. The molecule has 1 aromatic heterocycles. The van der Waals surface area contributed by atoms with Crippen LogP contribution in [0.1, 0.15) is 31.0 Å². The van der Waals surface area contributed by atoms with Gasteiger partial charge in [0.25, 0.3) is 0 Å². The molecular weight excluding hydrogens is 422 g/mol. The van der Waals surface area contributed by atoms with Gasteiger partial charge in [0.1, 0.15) is 0 Å². The number of carbonyl (C=O) groups excluding carboxylic acids is 1. The third-order valence-corrected chi connectivity index (χ3v) is 4.87. The summed E-state index contributed by atoms with van der Waals surface area (Å²) in [4.78, 5) is 16.7. The molecule has 1 heterocycles. The van der Waals surface area contributed by atoms with Gasteiger partial charge in [-0.3, -0.25) is 0 Å². The Bertz CT molecular complexity index is 1060. The smallest absolute Gasteiger partial charge is 0.315 e. The van der Waals surface area contributed by atoms with Gasteiger partial charge in [0.2, 0.25) is 5.88 Å². The Balaban J connectivity index is 1.52. The van der Waals surface area contributed by atoms with Crippen LogP contribution in [0.5, 0.6) is 28.9 Å². The molecule has 0 aliphatic rings. The van der Waals surface area contributed by atoms with Crippen molar-refractivity contribution in [3.05, 3.63) is 71.9 Å². The summed E-state index contributed by atoms with van der Waals surface area (Å²) in [6.45, 7) is 4.69. The van der Waals surface area contributed by atoms with Crippen LogP contribution in [0.4, 0.5) is 4.79 Å². The number of pyridine rings is 1. The maximum Gasteiger partial charge on any atom is 0.315 e. The highest BCUT2D eigenvalue weighted by Crippen LogP contribution is 2.31. The summed E-state index contributed by atoms with van der Waals surface area (Å²) in [7, 11) is 3.16. The molecule has 2 aromatic carbocycles. The number of hydrogen-bond acceptors (Lipinski definition) is 6. The van der Waals surface area contributed by atoms with Gasteiger partial charge in [-0.2, -0.15) is 0 Å². The number of amides is 2. The van der Waals surface area contributed by atoms with E-state index in [4.69, 9.17) is 18.9 Å². The molecule has 0 aliphatic carbocycles. The Hall–Kier alpha value is -3.94. The average Bonchev–Trinajstić information content (AvgIpc) is 2.84. The van der Waals surface area contributed by atoms with E-state index in [1.54, 1.807) is 26.5 Å². The molecule has 1 atom stereocenters. The number of nitrogens with zero attached hydrogens (tertiary/aromatic N) is 1. The number of urea groups is 1. The summed E-state index contributed by atoms with van der Waals surface area (Å²) < 4.78 is 22.0. The van der Waals surface area contributed by atoms with Crippen LogP contribution in [0.3, 0.4) is 0 Å². The van der Waals surface area contributed by atoms with E-state index in [2.05, 4.69) is 15.6 Å². The van der Waals surface area contributed by atoms with E-state index >= 15 is 0 Å². The highest BCUT2D eigenvalue weighted by Gasteiger charge is 2.13. The van der Waals surface area contributed by atoms with Crippen LogP contribution >= 0.6 is 0 Å². The second-order valence-corrected chi connectivity index (χ2v) is 7.15. The molecular formula is C25H29N3O5. The Labute approximate surface area is 193 Å². The van der Waals surface area contributed by atoms with Crippen LogP contribution in [-0.4, -0.2) is 31.8 Å². The maximum atomic E-state index is 12.3. The van der Waals surface area contributed by atoms with Gasteiger partial charge in [-0.1, -0.05) is 24.3 Å². The van der Waals surface area contributed by atoms with E-state index in [1.165, 1.54) is 0 Å². The largest absolute Gasteiger partial charge is 0.493 e. The Morgan fingerprint density at radius 1 is 0.970 bits per heavy atom. The second kappa shape index (κ2) is 11.6. The molecule has 33 heavy (non-hydrogen) atoms. The van der Waals surface area contributed by atoms with E-state index in [-0.39, 0.29) is 12.1 Å². The SMILES string of the molecule is CCOc1ccccc1Oc1ccc(CNC(=O)NC(C)c2ccc(OC)c(OC)c2)cn1. The molecule has 174 valence electrons. The molecule has 0 fully saturated rings. The summed E-state index contributed by atoms with van der Waals surface area (Å²) in [6.07, 6.45) is 1.66. The predicted molar refractivity (Wildman–Crippen MR) is 125 cm³/mol. The van der Waals surface area contributed by atoms with Crippen LogP contribution in [0.2, 0.25) is 0 Å². The fraction of sp³-hybridized carbons (Fsp3) is 0.280. The standard InChI is InChI=1S/C25H29N3O5/c1-5-32-21-8-6-7-9-22(21)33-24-13-10-18(15-26-24)16-27-25(29)28-17(2)19-11-12-20(30-3)23(14-19)31-4/h6-15,17H,5,16H2,1-4H3,(H2,27,28,29). The van der Waals surface area contributed by atoms with E-state index in [9.17, 15) is 4.79 Å².